The fourth-order valence-corrected chi connectivity index (χ4v) is 4.52. The van der Waals surface area contributed by atoms with Crippen LogP contribution in [0.3, 0.4) is 0 Å². The van der Waals surface area contributed by atoms with Gasteiger partial charge in [-0.15, -0.1) is 0 Å². The lowest BCUT2D eigenvalue weighted by Gasteiger charge is -2.30. The third kappa shape index (κ3) is 3.41. The molecule has 7 nitrogen and oxygen atoms in total. The molecular weight excluding hydrogens is 463 g/mol. The second kappa shape index (κ2) is 8.10. The summed E-state index contributed by atoms with van der Waals surface area (Å²) in [5.41, 5.74) is 16.5. The molecule has 33 heavy (non-hydrogen) atoms. The number of nitrogens with two attached hydrogens (primary N) is 2. The molecular formula is C24H18Cl2N4O3. The first-order chi connectivity index (χ1) is 15.9. The summed E-state index contributed by atoms with van der Waals surface area (Å²) in [6.45, 7) is 1.86. The smallest absolute Gasteiger partial charge is 0.340 e. The van der Waals surface area contributed by atoms with Gasteiger partial charge in [0.1, 0.15) is 5.57 Å². The number of aromatic nitrogens is 2. The normalized spacial score (nSPS) is 15.4. The van der Waals surface area contributed by atoms with Crippen LogP contribution in [0.5, 0.6) is 5.75 Å². The molecule has 5 rings (SSSR count). The van der Waals surface area contributed by atoms with Crippen molar-refractivity contribution in [3.63, 3.8) is 0 Å². The Hall–Kier alpha value is -3.55. The van der Waals surface area contributed by atoms with Gasteiger partial charge in [-0.3, -0.25) is 0 Å². The summed E-state index contributed by atoms with van der Waals surface area (Å²) in [5, 5.41) is 0.602. The SMILES string of the molecule is CCOC(=O)C1=C(N)Oc2c(N)cc3nc4ccccc4nc3c2C1c1cccc(Cl)c1Cl. The number of ether oxygens (including phenoxy) is 2. The molecule has 0 saturated carbocycles. The van der Waals surface area contributed by atoms with Crippen LogP contribution in [-0.2, 0) is 9.53 Å². The van der Waals surface area contributed by atoms with Crippen LogP contribution in [0.2, 0.25) is 10.0 Å². The minimum absolute atomic E-state index is 0.0929. The number of nitrogens with zero attached hydrogens (tertiary/aromatic N) is 2. The summed E-state index contributed by atoms with van der Waals surface area (Å²) in [5.74, 6) is -1.26. The number of carbonyl (C=O) groups is 1. The Kier molecular flexibility index (Phi) is 5.23. The van der Waals surface area contributed by atoms with Gasteiger partial charge in [0.05, 0.1) is 50.3 Å². The maximum Gasteiger partial charge on any atom is 0.340 e. The Morgan fingerprint density at radius 3 is 2.52 bits per heavy atom. The summed E-state index contributed by atoms with van der Waals surface area (Å²) < 4.78 is 11.2. The number of para-hydroxylation sites is 2. The van der Waals surface area contributed by atoms with Gasteiger partial charge in [0, 0.05) is 5.56 Å². The second-order valence-electron chi connectivity index (χ2n) is 7.47. The van der Waals surface area contributed by atoms with Gasteiger partial charge >= 0.3 is 5.97 Å². The molecule has 0 fully saturated rings. The molecule has 0 saturated heterocycles. The molecule has 166 valence electrons. The van der Waals surface area contributed by atoms with Gasteiger partial charge in [-0.1, -0.05) is 47.5 Å². The number of carbonyl (C=O) groups excluding carboxylic acids is 1. The predicted molar refractivity (Wildman–Crippen MR) is 128 cm³/mol. The van der Waals surface area contributed by atoms with E-state index >= 15 is 0 Å². The van der Waals surface area contributed by atoms with Gasteiger partial charge in [0.2, 0.25) is 5.88 Å². The van der Waals surface area contributed by atoms with Crippen molar-refractivity contribution in [3.8, 4) is 5.75 Å². The van der Waals surface area contributed by atoms with Gasteiger partial charge in [0.25, 0.3) is 0 Å². The molecule has 4 N–H and O–H groups in total. The summed E-state index contributed by atoms with van der Waals surface area (Å²) in [7, 11) is 0. The third-order valence-electron chi connectivity index (χ3n) is 5.49. The zero-order valence-corrected chi connectivity index (χ0v) is 18.9. The molecule has 0 amide bonds. The second-order valence-corrected chi connectivity index (χ2v) is 8.25. The van der Waals surface area contributed by atoms with Crippen LogP contribution < -0.4 is 16.2 Å². The largest absolute Gasteiger partial charge is 0.462 e. The number of nitrogen functional groups attached to an aromatic ring is 1. The highest BCUT2D eigenvalue weighted by molar-refractivity contribution is 6.42. The highest BCUT2D eigenvalue weighted by atomic mass is 35.5. The number of anilines is 1. The topological polar surface area (TPSA) is 113 Å². The van der Waals surface area contributed by atoms with Crippen molar-refractivity contribution < 1.29 is 14.3 Å². The fraction of sp³-hybridized carbons (Fsp3) is 0.125. The quantitative estimate of drug-likeness (QED) is 0.242. The maximum absolute atomic E-state index is 13.0. The van der Waals surface area contributed by atoms with Crippen LogP contribution in [0.25, 0.3) is 22.1 Å². The zero-order valence-electron chi connectivity index (χ0n) is 17.4. The number of hydrogen-bond acceptors (Lipinski definition) is 7. The molecule has 0 bridgehead atoms. The van der Waals surface area contributed by atoms with E-state index < -0.39 is 11.9 Å². The van der Waals surface area contributed by atoms with E-state index in [1.165, 1.54) is 0 Å². The Labute approximate surface area is 198 Å². The van der Waals surface area contributed by atoms with E-state index in [1.54, 1.807) is 31.2 Å². The molecule has 0 spiro atoms. The van der Waals surface area contributed by atoms with E-state index in [1.807, 2.05) is 24.3 Å². The Balaban J connectivity index is 1.91. The van der Waals surface area contributed by atoms with Gasteiger partial charge in [-0.05, 0) is 36.8 Å². The van der Waals surface area contributed by atoms with Crippen molar-refractivity contribution in [1.29, 1.82) is 0 Å². The maximum atomic E-state index is 13.0. The lowest BCUT2D eigenvalue weighted by atomic mass is 9.81. The number of halogens is 2. The van der Waals surface area contributed by atoms with Gasteiger partial charge in [-0.2, -0.15) is 0 Å². The standard InChI is InChI=1S/C24H18Cl2N4O3/c1-2-32-24(31)19-17(11-6-5-7-12(25)20(11)26)18-21-16(10-13(27)22(18)33-23(19)28)29-14-8-3-4-9-15(14)30-21/h3-10,17H,2,27-28H2,1H3. The minimum Gasteiger partial charge on any atom is -0.462 e. The third-order valence-corrected chi connectivity index (χ3v) is 6.33. The van der Waals surface area contributed by atoms with Crippen molar-refractivity contribution in [3.05, 3.63) is 81.2 Å². The predicted octanol–water partition coefficient (Wildman–Crippen LogP) is 4.93. The fourth-order valence-electron chi connectivity index (χ4n) is 4.10. The average Bonchev–Trinajstić information content (AvgIpc) is 2.79. The number of hydrogen-bond donors (Lipinski definition) is 2. The van der Waals surface area contributed by atoms with Crippen molar-refractivity contribution in [2.24, 2.45) is 5.73 Å². The molecule has 0 aliphatic carbocycles. The first kappa shape index (κ1) is 21.3. The van der Waals surface area contributed by atoms with E-state index in [9.17, 15) is 4.79 Å². The molecule has 1 aliphatic heterocycles. The summed E-state index contributed by atoms with van der Waals surface area (Å²) in [6, 6.07) is 14.3. The first-order valence-corrected chi connectivity index (χ1v) is 10.9. The van der Waals surface area contributed by atoms with E-state index in [0.29, 0.717) is 49.7 Å². The van der Waals surface area contributed by atoms with Crippen molar-refractivity contribution in [1.82, 2.24) is 9.97 Å². The van der Waals surface area contributed by atoms with Crippen LogP contribution in [0.15, 0.2) is 60.0 Å². The number of benzene rings is 3. The number of rotatable bonds is 3. The number of esters is 1. The van der Waals surface area contributed by atoms with E-state index in [2.05, 4.69) is 0 Å². The van der Waals surface area contributed by atoms with Gasteiger partial charge in [-0.25, -0.2) is 14.8 Å². The van der Waals surface area contributed by atoms with Crippen LogP contribution in [0.1, 0.15) is 24.0 Å². The van der Waals surface area contributed by atoms with Crippen LogP contribution >= 0.6 is 23.2 Å². The molecule has 1 atom stereocenters. The summed E-state index contributed by atoms with van der Waals surface area (Å²) in [6.07, 6.45) is 0. The van der Waals surface area contributed by atoms with Gasteiger partial charge < -0.3 is 20.9 Å². The molecule has 2 heterocycles. The van der Waals surface area contributed by atoms with Gasteiger partial charge in [0.15, 0.2) is 5.75 Å². The van der Waals surface area contributed by atoms with Crippen molar-refractivity contribution in [2.75, 3.05) is 12.3 Å². The molecule has 1 unspecified atom stereocenters. The molecule has 1 aromatic heterocycles. The highest BCUT2D eigenvalue weighted by Crippen LogP contribution is 2.50. The molecule has 4 aromatic rings. The Bertz CT molecular complexity index is 1490. The Morgan fingerprint density at radius 1 is 1.06 bits per heavy atom. The monoisotopic (exact) mass is 480 g/mol. The molecule has 1 aliphatic rings. The van der Waals surface area contributed by atoms with Crippen molar-refractivity contribution in [2.45, 2.75) is 12.8 Å². The molecule has 0 radical (unpaired) electrons. The van der Waals surface area contributed by atoms with E-state index in [-0.39, 0.29) is 23.1 Å². The summed E-state index contributed by atoms with van der Waals surface area (Å²) >= 11 is 13.0. The van der Waals surface area contributed by atoms with Crippen LogP contribution in [0, 0.1) is 0 Å². The van der Waals surface area contributed by atoms with E-state index in [4.69, 9.17) is 54.1 Å². The van der Waals surface area contributed by atoms with Crippen molar-refractivity contribution >= 4 is 56.9 Å². The first-order valence-electron chi connectivity index (χ1n) is 10.2. The Morgan fingerprint density at radius 2 is 1.79 bits per heavy atom. The number of fused-ring (bicyclic) bond motifs is 4. The lowest BCUT2D eigenvalue weighted by molar-refractivity contribution is -0.139. The molecule has 9 heteroatoms. The van der Waals surface area contributed by atoms with Crippen LogP contribution in [0.4, 0.5) is 5.69 Å². The molecule has 3 aromatic carbocycles. The highest BCUT2D eigenvalue weighted by Gasteiger charge is 2.39. The lowest BCUT2D eigenvalue weighted by Crippen LogP contribution is -2.28. The minimum atomic E-state index is -0.791. The zero-order chi connectivity index (χ0) is 23.3. The van der Waals surface area contributed by atoms with E-state index in [0.717, 1.165) is 0 Å². The van der Waals surface area contributed by atoms with Crippen LogP contribution in [-0.4, -0.2) is 22.5 Å². The average molecular weight is 481 g/mol. The summed E-state index contributed by atoms with van der Waals surface area (Å²) in [4.78, 5) is 22.6.